The number of methoxy groups -OCH3 is 1. The quantitative estimate of drug-likeness (QED) is 0.804. The Kier molecular flexibility index (Phi) is 3.94. The number of aromatic nitrogens is 3. The lowest BCUT2D eigenvalue weighted by Crippen LogP contribution is -2.21. The lowest BCUT2D eigenvalue weighted by molar-refractivity contribution is -0.144. The molecule has 0 aromatic carbocycles. The van der Waals surface area contributed by atoms with E-state index in [0.29, 0.717) is 17.4 Å². The Morgan fingerprint density at radius 3 is 2.86 bits per heavy atom. The number of rotatable bonds is 4. The second-order valence-corrected chi connectivity index (χ2v) is 5.22. The zero-order valence-electron chi connectivity index (χ0n) is 11.9. The molecule has 6 nitrogen and oxygen atoms in total. The average molecular weight is 287 g/mol. The van der Waals surface area contributed by atoms with Crippen LogP contribution in [-0.2, 0) is 9.53 Å². The second-order valence-electron chi connectivity index (χ2n) is 5.22. The highest BCUT2D eigenvalue weighted by molar-refractivity contribution is 5.77. The van der Waals surface area contributed by atoms with Gasteiger partial charge in [0, 0.05) is 6.20 Å². The van der Waals surface area contributed by atoms with Gasteiger partial charge in [0.05, 0.1) is 7.11 Å². The van der Waals surface area contributed by atoms with Crippen LogP contribution < -0.4 is 0 Å². The number of ether oxygens (including phenoxy) is 1. The van der Waals surface area contributed by atoms with Gasteiger partial charge in [0.25, 0.3) is 0 Å². The fourth-order valence-corrected chi connectivity index (χ4v) is 2.87. The SMILES string of the molecule is COC(=O)C(c1nc(-c2ccccn2)no1)C1CCCC1. The third kappa shape index (κ3) is 2.79. The van der Waals surface area contributed by atoms with Gasteiger partial charge in [0.1, 0.15) is 11.6 Å². The first-order valence-electron chi connectivity index (χ1n) is 7.12. The van der Waals surface area contributed by atoms with E-state index in [9.17, 15) is 4.79 Å². The van der Waals surface area contributed by atoms with E-state index in [2.05, 4.69) is 15.1 Å². The zero-order valence-corrected chi connectivity index (χ0v) is 11.9. The third-order valence-corrected chi connectivity index (χ3v) is 3.93. The molecule has 110 valence electrons. The summed E-state index contributed by atoms with van der Waals surface area (Å²) >= 11 is 0. The van der Waals surface area contributed by atoms with Crippen molar-refractivity contribution in [2.45, 2.75) is 31.6 Å². The number of hydrogen-bond acceptors (Lipinski definition) is 6. The summed E-state index contributed by atoms with van der Waals surface area (Å²) in [5.41, 5.74) is 0.627. The van der Waals surface area contributed by atoms with Gasteiger partial charge in [-0.2, -0.15) is 4.98 Å². The van der Waals surface area contributed by atoms with Gasteiger partial charge in [-0.05, 0) is 30.9 Å². The van der Waals surface area contributed by atoms with Crippen molar-refractivity contribution in [3.63, 3.8) is 0 Å². The molecule has 0 spiro atoms. The fraction of sp³-hybridized carbons (Fsp3) is 0.467. The van der Waals surface area contributed by atoms with Crippen molar-refractivity contribution < 1.29 is 14.1 Å². The first-order chi connectivity index (χ1) is 10.3. The number of esters is 1. The molecule has 2 aromatic rings. The van der Waals surface area contributed by atoms with Crippen molar-refractivity contribution in [1.82, 2.24) is 15.1 Å². The Morgan fingerprint density at radius 1 is 1.38 bits per heavy atom. The van der Waals surface area contributed by atoms with Crippen LogP contribution in [-0.4, -0.2) is 28.2 Å². The van der Waals surface area contributed by atoms with E-state index in [0.717, 1.165) is 25.7 Å². The standard InChI is InChI=1S/C15H17N3O3/c1-20-15(19)12(10-6-2-3-7-10)14-17-13(18-21-14)11-8-4-5-9-16-11/h4-5,8-10,12H,2-3,6-7H2,1H3. The first-order valence-corrected chi connectivity index (χ1v) is 7.12. The van der Waals surface area contributed by atoms with E-state index < -0.39 is 5.92 Å². The van der Waals surface area contributed by atoms with Crippen LogP contribution in [0.25, 0.3) is 11.5 Å². The summed E-state index contributed by atoms with van der Waals surface area (Å²) < 4.78 is 10.2. The molecule has 1 aliphatic carbocycles. The minimum atomic E-state index is -0.470. The van der Waals surface area contributed by atoms with E-state index in [1.54, 1.807) is 12.3 Å². The van der Waals surface area contributed by atoms with Crippen LogP contribution in [0.1, 0.15) is 37.5 Å². The van der Waals surface area contributed by atoms with E-state index in [4.69, 9.17) is 9.26 Å². The first kappa shape index (κ1) is 13.7. The molecule has 0 amide bonds. The molecule has 1 saturated carbocycles. The van der Waals surface area contributed by atoms with E-state index in [1.165, 1.54) is 7.11 Å². The van der Waals surface area contributed by atoms with Crippen molar-refractivity contribution in [2.24, 2.45) is 5.92 Å². The minimum Gasteiger partial charge on any atom is -0.468 e. The lowest BCUT2D eigenvalue weighted by atomic mass is 9.91. The topological polar surface area (TPSA) is 78.1 Å². The molecule has 2 heterocycles. The molecule has 6 heteroatoms. The van der Waals surface area contributed by atoms with E-state index >= 15 is 0 Å². The van der Waals surface area contributed by atoms with Crippen LogP contribution in [0.5, 0.6) is 0 Å². The van der Waals surface area contributed by atoms with Crippen LogP contribution in [0, 0.1) is 5.92 Å². The van der Waals surface area contributed by atoms with Gasteiger partial charge in [-0.3, -0.25) is 9.78 Å². The fourth-order valence-electron chi connectivity index (χ4n) is 2.87. The summed E-state index contributed by atoms with van der Waals surface area (Å²) in [7, 11) is 1.39. The van der Waals surface area contributed by atoms with Gasteiger partial charge in [-0.25, -0.2) is 0 Å². The summed E-state index contributed by atoms with van der Waals surface area (Å²) in [5.74, 6) is 0.168. The molecular formula is C15H17N3O3. The number of nitrogens with zero attached hydrogens (tertiary/aromatic N) is 3. The molecule has 0 aliphatic heterocycles. The highest BCUT2D eigenvalue weighted by atomic mass is 16.5. The predicted octanol–water partition coefficient (Wildman–Crippen LogP) is 2.58. The van der Waals surface area contributed by atoms with Gasteiger partial charge in [-0.15, -0.1) is 0 Å². The molecular weight excluding hydrogens is 270 g/mol. The van der Waals surface area contributed by atoms with E-state index in [-0.39, 0.29) is 11.9 Å². The highest BCUT2D eigenvalue weighted by Gasteiger charge is 2.37. The second kappa shape index (κ2) is 6.03. The van der Waals surface area contributed by atoms with Crippen LogP contribution >= 0.6 is 0 Å². The van der Waals surface area contributed by atoms with Crippen molar-refractivity contribution in [1.29, 1.82) is 0 Å². The van der Waals surface area contributed by atoms with Crippen molar-refractivity contribution in [3.05, 3.63) is 30.3 Å². The molecule has 21 heavy (non-hydrogen) atoms. The largest absolute Gasteiger partial charge is 0.468 e. The number of carbonyl (C=O) groups is 1. The van der Waals surface area contributed by atoms with Crippen molar-refractivity contribution in [2.75, 3.05) is 7.11 Å². The normalized spacial score (nSPS) is 16.8. The van der Waals surface area contributed by atoms with Crippen LogP contribution in [0.3, 0.4) is 0 Å². The van der Waals surface area contributed by atoms with Gasteiger partial charge in [-0.1, -0.05) is 24.1 Å². The van der Waals surface area contributed by atoms with Gasteiger partial charge in [0.2, 0.25) is 11.7 Å². The Labute approximate surface area is 122 Å². The number of pyridine rings is 1. The Morgan fingerprint density at radius 2 is 2.19 bits per heavy atom. The van der Waals surface area contributed by atoms with Gasteiger partial charge in [0.15, 0.2) is 0 Å². The smallest absolute Gasteiger partial charge is 0.318 e. The number of carbonyl (C=O) groups excluding carboxylic acids is 1. The van der Waals surface area contributed by atoms with Crippen molar-refractivity contribution in [3.8, 4) is 11.5 Å². The summed E-state index contributed by atoms with van der Waals surface area (Å²) in [6.07, 6.45) is 5.89. The summed E-state index contributed by atoms with van der Waals surface area (Å²) in [5, 5.41) is 3.94. The molecule has 1 fully saturated rings. The van der Waals surface area contributed by atoms with E-state index in [1.807, 2.05) is 12.1 Å². The lowest BCUT2D eigenvalue weighted by Gasteiger charge is -2.16. The molecule has 1 aliphatic rings. The number of hydrogen-bond donors (Lipinski definition) is 0. The third-order valence-electron chi connectivity index (χ3n) is 3.93. The zero-order chi connectivity index (χ0) is 14.7. The molecule has 1 atom stereocenters. The molecule has 2 aromatic heterocycles. The maximum absolute atomic E-state index is 12.1. The van der Waals surface area contributed by atoms with Gasteiger partial charge < -0.3 is 9.26 Å². The molecule has 0 N–H and O–H groups in total. The van der Waals surface area contributed by atoms with Crippen molar-refractivity contribution >= 4 is 5.97 Å². The molecule has 0 radical (unpaired) electrons. The van der Waals surface area contributed by atoms with Gasteiger partial charge >= 0.3 is 5.97 Å². The molecule has 1 unspecified atom stereocenters. The molecule has 0 saturated heterocycles. The maximum Gasteiger partial charge on any atom is 0.318 e. The Balaban J connectivity index is 1.89. The maximum atomic E-state index is 12.1. The monoisotopic (exact) mass is 287 g/mol. The Hall–Kier alpha value is -2.24. The van der Waals surface area contributed by atoms with Crippen LogP contribution in [0.15, 0.2) is 28.9 Å². The summed E-state index contributed by atoms with van der Waals surface area (Å²) in [4.78, 5) is 20.6. The highest BCUT2D eigenvalue weighted by Crippen LogP contribution is 2.37. The van der Waals surface area contributed by atoms with Crippen LogP contribution in [0.4, 0.5) is 0 Å². The Bertz CT molecular complexity index is 606. The predicted molar refractivity (Wildman–Crippen MR) is 74.2 cm³/mol. The minimum absolute atomic E-state index is 0.217. The average Bonchev–Trinajstić information content (AvgIpc) is 3.20. The molecule has 3 rings (SSSR count). The summed E-state index contributed by atoms with van der Waals surface area (Å²) in [6, 6.07) is 5.48. The van der Waals surface area contributed by atoms with Crippen LogP contribution in [0.2, 0.25) is 0 Å². The molecule has 0 bridgehead atoms. The summed E-state index contributed by atoms with van der Waals surface area (Å²) in [6.45, 7) is 0.